The van der Waals surface area contributed by atoms with Gasteiger partial charge in [0.1, 0.15) is 0 Å². The Morgan fingerprint density at radius 1 is 0.950 bits per heavy atom. The van der Waals surface area contributed by atoms with Crippen molar-refractivity contribution in [1.29, 1.82) is 0 Å². The summed E-state index contributed by atoms with van der Waals surface area (Å²) in [7, 11) is 0. The Bertz CT molecular complexity index is 528. The van der Waals surface area contributed by atoms with Gasteiger partial charge in [-0.15, -0.1) is 11.8 Å². The van der Waals surface area contributed by atoms with Gasteiger partial charge in [-0.3, -0.25) is 0 Å². The number of rotatable bonds is 7. The van der Waals surface area contributed by atoms with E-state index < -0.39 is 0 Å². The van der Waals surface area contributed by atoms with Gasteiger partial charge >= 0.3 is 0 Å². The third-order valence-electron chi connectivity index (χ3n) is 2.64. The van der Waals surface area contributed by atoms with Crippen LogP contribution in [0.1, 0.15) is 6.92 Å². The highest BCUT2D eigenvalue weighted by Gasteiger charge is 2.03. The molecule has 0 saturated carbocycles. The Labute approximate surface area is 124 Å². The first-order chi connectivity index (χ1) is 9.79. The van der Waals surface area contributed by atoms with E-state index in [9.17, 15) is 0 Å². The van der Waals surface area contributed by atoms with Gasteiger partial charge in [-0.25, -0.2) is 0 Å². The van der Waals surface area contributed by atoms with Crippen molar-refractivity contribution in [2.24, 2.45) is 0 Å². The zero-order valence-corrected chi connectivity index (χ0v) is 12.4. The minimum absolute atomic E-state index is 0.638. The smallest absolute Gasteiger partial charge is 0.161 e. The minimum Gasteiger partial charge on any atom is -0.490 e. The van der Waals surface area contributed by atoms with Crippen LogP contribution in [0.2, 0.25) is 0 Å². The Morgan fingerprint density at radius 2 is 1.60 bits per heavy atom. The molecule has 0 atom stereocenters. The van der Waals surface area contributed by atoms with Crippen molar-refractivity contribution in [3.05, 3.63) is 48.5 Å². The number of nitrogens with two attached hydrogens (primary N) is 1. The average molecular weight is 289 g/mol. The van der Waals surface area contributed by atoms with Gasteiger partial charge in [0.2, 0.25) is 0 Å². The summed E-state index contributed by atoms with van der Waals surface area (Å²) < 4.78 is 11.3. The van der Waals surface area contributed by atoms with E-state index in [0.29, 0.717) is 13.2 Å². The summed E-state index contributed by atoms with van der Waals surface area (Å²) in [5.74, 6) is 2.48. The van der Waals surface area contributed by atoms with E-state index in [1.165, 1.54) is 4.90 Å². The molecule has 2 N–H and O–H groups in total. The molecule has 0 aromatic heterocycles. The zero-order valence-electron chi connectivity index (χ0n) is 11.5. The molecule has 0 saturated heterocycles. The summed E-state index contributed by atoms with van der Waals surface area (Å²) in [5.41, 5.74) is 6.44. The summed E-state index contributed by atoms with van der Waals surface area (Å²) in [6.45, 7) is 3.24. The molecule has 0 aliphatic rings. The monoisotopic (exact) mass is 289 g/mol. The topological polar surface area (TPSA) is 44.5 Å². The quantitative estimate of drug-likeness (QED) is 0.478. The standard InChI is InChI=1S/C16H19NO2S/c1-2-18-15-5-3-4-6-16(15)19-11-12-20-14-9-7-13(17)8-10-14/h3-10H,2,11-12,17H2,1H3. The van der Waals surface area contributed by atoms with Gasteiger partial charge < -0.3 is 15.2 Å². The van der Waals surface area contributed by atoms with Crippen LogP contribution in [-0.2, 0) is 0 Å². The fourth-order valence-electron chi connectivity index (χ4n) is 1.72. The van der Waals surface area contributed by atoms with Crippen molar-refractivity contribution in [2.75, 3.05) is 24.7 Å². The molecule has 0 heterocycles. The van der Waals surface area contributed by atoms with Crippen LogP contribution in [0.3, 0.4) is 0 Å². The first-order valence-electron chi connectivity index (χ1n) is 6.62. The predicted molar refractivity (Wildman–Crippen MR) is 84.7 cm³/mol. The van der Waals surface area contributed by atoms with Gasteiger partial charge in [0.25, 0.3) is 0 Å². The molecule has 0 fully saturated rings. The molecule has 2 aromatic carbocycles. The first kappa shape index (κ1) is 14.6. The highest BCUT2D eigenvalue weighted by atomic mass is 32.2. The first-order valence-corrected chi connectivity index (χ1v) is 7.61. The molecule has 0 aliphatic heterocycles. The number of para-hydroxylation sites is 2. The largest absolute Gasteiger partial charge is 0.490 e. The van der Waals surface area contributed by atoms with Crippen LogP contribution >= 0.6 is 11.8 Å². The Balaban J connectivity index is 1.79. The van der Waals surface area contributed by atoms with Gasteiger partial charge in [0, 0.05) is 16.3 Å². The van der Waals surface area contributed by atoms with Crippen LogP contribution in [0.5, 0.6) is 11.5 Å². The van der Waals surface area contributed by atoms with Crippen molar-refractivity contribution in [1.82, 2.24) is 0 Å². The average Bonchev–Trinajstić information content (AvgIpc) is 2.47. The van der Waals surface area contributed by atoms with Crippen LogP contribution in [0.25, 0.3) is 0 Å². The molecule has 0 aliphatic carbocycles. The molecule has 20 heavy (non-hydrogen) atoms. The Kier molecular flexibility index (Phi) is 5.62. The van der Waals surface area contributed by atoms with E-state index in [-0.39, 0.29) is 0 Å². The number of hydrogen-bond donors (Lipinski definition) is 1. The maximum Gasteiger partial charge on any atom is 0.161 e. The second-order valence-corrected chi connectivity index (χ2v) is 5.31. The summed E-state index contributed by atoms with van der Waals surface area (Å²) >= 11 is 1.75. The summed E-state index contributed by atoms with van der Waals surface area (Å²) in [5, 5.41) is 0. The fourth-order valence-corrected chi connectivity index (χ4v) is 2.45. The molecular formula is C16H19NO2S. The molecule has 2 aromatic rings. The SMILES string of the molecule is CCOc1ccccc1OCCSc1ccc(N)cc1. The zero-order chi connectivity index (χ0) is 14.2. The van der Waals surface area contributed by atoms with Crippen LogP contribution < -0.4 is 15.2 Å². The van der Waals surface area contributed by atoms with E-state index in [0.717, 1.165) is 22.9 Å². The summed E-state index contributed by atoms with van der Waals surface area (Å²) in [6, 6.07) is 15.6. The molecule has 106 valence electrons. The number of hydrogen-bond acceptors (Lipinski definition) is 4. The third-order valence-corrected chi connectivity index (χ3v) is 3.62. The van der Waals surface area contributed by atoms with Crippen molar-refractivity contribution in [3.8, 4) is 11.5 Å². The molecule has 3 nitrogen and oxygen atoms in total. The Morgan fingerprint density at radius 3 is 2.25 bits per heavy atom. The van der Waals surface area contributed by atoms with Crippen LogP contribution in [0.4, 0.5) is 5.69 Å². The maximum absolute atomic E-state index is 5.76. The van der Waals surface area contributed by atoms with Crippen LogP contribution in [0.15, 0.2) is 53.4 Å². The second-order valence-electron chi connectivity index (χ2n) is 4.15. The summed E-state index contributed by atoms with van der Waals surface area (Å²) in [4.78, 5) is 1.20. The maximum atomic E-state index is 5.76. The summed E-state index contributed by atoms with van der Waals surface area (Å²) in [6.07, 6.45) is 0. The lowest BCUT2D eigenvalue weighted by Gasteiger charge is -2.11. The lowest BCUT2D eigenvalue weighted by atomic mass is 10.3. The Hall–Kier alpha value is -1.81. The second kappa shape index (κ2) is 7.70. The van der Waals surface area contributed by atoms with Gasteiger partial charge in [-0.2, -0.15) is 0 Å². The van der Waals surface area contributed by atoms with E-state index in [4.69, 9.17) is 15.2 Å². The molecule has 0 bridgehead atoms. The van der Waals surface area contributed by atoms with Gasteiger partial charge in [0.05, 0.1) is 13.2 Å². The van der Waals surface area contributed by atoms with E-state index in [1.54, 1.807) is 11.8 Å². The highest BCUT2D eigenvalue weighted by Crippen LogP contribution is 2.27. The molecular weight excluding hydrogens is 270 g/mol. The number of ether oxygens (including phenoxy) is 2. The van der Waals surface area contributed by atoms with Crippen LogP contribution in [0, 0.1) is 0 Å². The molecule has 0 amide bonds. The molecule has 0 spiro atoms. The van der Waals surface area contributed by atoms with E-state index in [2.05, 4.69) is 0 Å². The van der Waals surface area contributed by atoms with Gasteiger partial charge in [0.15, 0.2) is 11.5 Å². The molecule has 0 radical (unpaired) electrons. The van der Waals surface area contributed by atoms with Crippen molar-refractivity contribution < 1.29 is 9.47 Å². The van der Waals surface area contributed by atoms with E-state index >= 15 is 0 Å². The van der Waals surface area contributed by atoms with Crippen molar-refractivity contribution in [3.63, 3.8) is 0 Å². The lowest BCUT2D eigenvalue weighted by Crippen LogP contribution is -2.02. The molecule has 0 unspecified atom stereocenters. The molecule has 2 rings (SSSR count). The number of anilines is 1. The number of benzene rings is 2. The lowest BCUT2D eigenvalue weighted by molar-refractivity contribution is 0.289. The van der Waals surface area contributed by atoms with Crippen LogP contribution in [-0.4, -0.2) is 19.0 Å². The third kappa shape index (κ3) is 4.38. The van der Waals surface area contributed by atoms with Crippen molar-refractivity contribution in [2.45, 2.75) is 11.8 Å². The minimum atomic E-state index is 0.638. The van der Waals surface area contributed by atoms with Gasteiger partial charge in [-0.05, 0) is 43.3 Å². The number of thioether (sulfide) groups is 1. The number of nitrogen functional groups attached to an aromatic ring is 1. The normalized spacial score (nSPS) is 10.2. The fraction of sp³-hybridized carbons (Fsp3) is 0.250. The predicted octanol–water partition coefficient (Wildman–Crippen LogP) is 3.84. The molecule has 4 heteroatoms. The van der Waals surface area contributed by atoms with E-state index in [1.807, 2.05) is 55.5 Å². The highest BCUT2D eigenvalue weighted by molar-refractivity contribution is 7.99. The van der Waals surface area contributed by atoms with Crippen molar-refractivity contribution >= 4 is 17.4 Å². The van der Waals surface area contributed by atoms with Gasteiger partial charge in [-0.1, -0.05) is 12.1 Å².